The molecule has 1 amide bonds. The quantitative estimate of drug-likeness (QED) is 0.591. The molecule has 1 aromatic rings. The Morgan fingerprint density at radius 2 is 1.83 bits per heavy atom. The number of amides is 1. The van der Waals surface area contributed by atoms with Crippen LogP contribution in [-0.2, 0) is 11.2 Å². The molecule has 136 valence electrons. The van der Waals surface area contributed by atoms with Gasteiger partial charge in [0.25, 0.3) is 0 Å². The fourth-order valence-electron chi connectivity index (χ4n) is 3.08. The molecule has 0 radical (unpaired) electrons. The van der Waals surface area contributed by atoms with Gasteiger partial charge in [-0.3, -0.25) is 4.79 Å². The molecule has 1 aromatic carbocycles. The highest BCUT2D eigenvalue weighted by atomic mass is 16.3. The van der Waals surface area contributed by atoms with E-state index in [0.29, 0.717) is 24.8 Å². The van der Waals surface area contributed by atoms with Gasteiger partial charge >= 0.3 is 0 Å². The zero-order valence-electron chi connectivity index (χ0n) is 15.7. The molecule has 3 atom stereocenters. The van der Waals surface area contributed by atoms with Gasteiger partial charge in [0.1, 0.15) is 0 Å². The fourth-order valence-corrected chi connectivity index (χ4v) is 3.08. The topological polar surface area (TPSA) is 69.6 Å². The van der Waals surface area contributed by atoms with E-state index >= 15 is 0 Å². The summed E-state index contributed by atoms with van der Waals surface area (Å²) in [6.07, 6.45) is 3.57. The summed E-state index contributed by atoms with van der Waals surface area (Å²) >= 11 is 0. The minimum atomic E-state index is -0.360. The first-order valence-corrected chi connectivity index (χ1v) is 9.03. The lowest BCUT2D eigenvalue weighted by Crippen LogP contribution is -2.44. The van der Waals surface area contributed by atoms with Crippen LogP contribution in [0.2, 0.25) is 0 Å². The van der Waals surface area contributed by atoms with Crippen molar-refractivity contribution in [3.05, 3.63) is 23.8 Å². The van der Waals surface area contributed by atoms with E-state index in [9.17, 15) is 15.0 Å². The number of hydrogen-bond donors (Lipinski definition) is 3. The van der Waals surface area contributed by atoms with E-state index in [-0.39, 0.29) is 22.8 Å². The van der Waals surface area contributed by atoms with Gasteiger partial charge in [-0.15, -0.1) is 0 Å². The third kappa shape index (κ3) is 5.15. The Morgan fingerprint density at radius 1 is 1.17 bits per heavy atom. The molecule has 4 nitrogen and oxygen atoms in total. The first-order valence-electron chi connectivity index (χ1n) is 9.03. The summed E-state index contributed by atoms with van der Waals surface area (Å²) in [5.74, 6) is 0.703. The van der Waals surface area contributed by atoms with Gasteiger partial charge in [-0.1, -0.05) is 53.5 Å². The third-order valence-electron chi connectivity index (χ3n) is 5.43. The molecule has 3 N–H and O–H groups in total. The number of phenols is 2. The molecule has 3 unspecified atom stereocenters. The van der Waals surface area contributed by atoms with Gasteiger partial charge in [-0.05, 0) is 42.4 Å². The van der Waals surface area contributed by atoms with Crippen LogP contribution in [0, 0.1) is 17.3 Å². The van der Waals surface area contributed by atoms with Crippen molar-refractivity contribution in [1.82, 2.24) is 5.32 Å². The summed E-state index contributed by atoms with van der Waals surface area (Å²) in [5, 5.41) is 21.9. The zero-order valence-corrected chi connectivity index (χ0v) is 15.7. The van der Waals surface area contributed by atoms with Crippen LogP contribution in [-0.4, -0.2) is 22.7 Å². The van der Waals surface area contributed by atoms with E-state index in [4.69, 9.17) is 0 Å². The molecule has 0 bridgehead atoms. The Bertz CT molecular complexity index is 544. The minimum absolute atomic E-state index is 0.111. The molecule has 0 aliphatic carbocycles. The molecule has 0 saturated carbocycles. The second kappa shape index (κ2) is 8.95. The highest BCUT2D eigenvalue weighted by Gasteiger charge is 2.38. The van der Waals surface area contributed by atoms with E-state index in [2.05, 4.69) is 39.9 Å². The summed E-state index contributed by atoms with van der Waals surface area (Å²) in [5.41, 5.74) is 0.527. The Balaban J connectivity index is 2.69. The lowest BCUT2D eigenvalue weighted by atomic mass is 9.70. The lowest BCUT2D eigenvalue weighted by Gasteiger charge is -2.36. The maximum Gasteiger partial charge on any atom is 0.226 e. The molecule has 24 heavy (non-hydrogen) atoms. The predicted octanol–water partition coefficient (Wildman–Crippen LogP) is 4.25. The largest absolute Gasteiger partial charge is 0.504 e. The van der Waals surface area contributed by atoms with Crippen molar-refractivity contribution in [2.75, 3.05) is 6.54 Å². The van der Waals surface area contributed by atoms with Crippen molar-refractivity contribution >= 4 is 5.91 Å². The van der Waals surface area contributed by atoms with E-state index in [0.717, 1.165) is 24.8 Å². The van der Waals surface area contributed by atoms with Crippen molar-refractivity contribution in [2.24, 2.45) is 17.3 Å². The molecule has 0 aliphatic heterocycles. The summed E-state index contributed by atoms with van der Waals surface area (Å²) < 4.78 is 0. The predicted molar refractivity (Wildman–Crippen MR) is 98.1 cm³/mol. The van der Waals surface area contributed by atoms with Crippen LogP contribution >= 0.6 is 0 Å². The lowest BCUT2D eigenvalue weighted by molar-refractivity contribution is -0.134. The number of rotatable bonds is 9. The van der Waals surface area contributed by atoms with Gasteiger partial charge < -0.3 is 15.5 Å². The van der Waals surface area contributed by atoms with Crippen molar-refractivity contribution in [1.29, 1.82) is 0 Å². The molecule has 0 fully saturated rings. The standard InChI is InChI=1S/C20H33NO3/c1-6-14(3)13-20(5,15(4)7-2)19(24)21-11-10-16-8-9-17(22)18(23)12-16/h8-9,12,14-15,22-23H,6-7,10-11,13H2,1-5H3,(H,21,24). The van der Waals surface area contributed by atoms with Crippen LogP contribution in [0.3, 0.4) is 0 Å². The number of carbonyl (C=O) groups excluding carboxylic acids is 1. The maximum atomic E-state index is 12.8. The Labute approximate surface area is 146 Å². The van der Waals surface area contributed by atoms with Crippen molar-refractivity contribution in [3.8, 4) is 11.5 Å². The maximum absolute atomic E-state index is 12.8. The Hall–Kier alpha value is -1.71. The van der Waals surface area contributed by atoms with Crippen LogP contribution in [0.5, 0.6) is 11.5 Å². The highest BCUT2D eigenvalue weighted by molar-refractivity contribution is 5.82. The van der Waals surface area contributed by atoms with Gasteiger partial charge in [0.05, 0.1) is 0 Å². The second-order valence-corrected chi connectivity index (χ2v) is 7.27. The molecule has 4 heteroatoms. The third-order valence-corrected chi connectivity index (χ3v) is 5.43. The molecular formula is C20H33NO3. The summed E-state index contributed by atoms with van der Waals surface area (Å²) in [4.78, 5) is 12.8. The molecule has 0 aliphatic rings. The molecule has 0 aromatic heterocycles. The van der Waals surface area contributed by atoms with Crippen molar-refractivity contribution in [2.45, 2.75) is 60.3 Å². The first kappa shape index (κ1) is 20.3. The molecule has 0 saturated heterocycles. The van der Waals surface area contributed by atoms with Gasteiger partial charge in [0.15, 0.2) is 11.5 Å². The van der Waals surface area contributed by atoms with Gasteiger partial charge in [-0.25, -0.2) is 0 Å². The fraction of sp³-hybridized carbons (Fsp3) is 0.650. The van der Waals surface area contributed by atoms with Crippen molar-refractivity contribution in [3.63, 3.8) is 0 Å². The number of phenolic OH excluding ortho intramolecular Hbond substituents is 2. The van der Waals surface area contributed by atoms with Gasteiger partial charge in [-0.2, -0.15) is 0 Å². The monoisotopic (exact) mass is 335 g/mol. The van der Waals surface area contributed by atoms with Crippen LogP contribution in [0.15, 0.2) is 18.2 Å². The molecular weight excluding hydrogens is 302 g/mol. The van der Waals surface area contributed by atoms with Crippen LogP contribution in [0.4, 0.5) is 0 Å². The van der Waals surface area contributed by atoms with E-state index < -0.39 is 0 Å². The van der Waals surface area contributed by atoms with Crippen LogP contribution in [0.25, 0.3) is 0 Å². The normalized spacial score (nSPS) is 16.2. The van der Waals surface area contributed by atoms with Gasteiger partial charge in [0, 0.05) is 12.0 Å². The molecule has 0 heterocycles. The Kier molecular flexibility index (Phi) is 7.59. The SMILES string of the molecule is CCC(C)CC(C)(C(=O)NCCc1ccc(O)c(O)c1)C(C)CC. The highest BCUT2D eigenvalue weighted by Crippen LogP contribution is 2.37. The number of nitrogens with one attached hydrogen (secondary N) is 1. The number of hydrogen-bond acceptors (Lipinski definition) is 3. The summed E-state index contributed by atoms with van der Waals surface area (Å²) in [7, 11) is 0. The van der Waals surface area contributed by atoms with Gasteiger partial charge in [0.2, 0.25) is 5.91 Å². The molecule has 1 rings (SSSR count). The zero-order chi connectivity index (χ0) is 18.3. The number of benzene rings is 1. The summed E-state index contributed by atoms with van der Waals surface area (Å²) in [6, 6.07) is 4.77. The van der Waals surface area contributed by atoms with Crippen LogP contribution in [0.1, 0.15) is 59.4 Å². The smallest absolute Gasteiger partial charge is 0.226 e. The van der Waals surface area contributed by atoms with Crippen LogP contribution < -0.4 is 5.32 Å². The summed E-state index contributed by atoms with van der Waals surface area (Å²) in [6.45, 7) is 11.3. The number of carbonyl (C=O) groups is 1. The van der Waals surface area contributed by atoms with E-state index in [1.165, 1.54) is 12.1 Å². The van der Waals surface area contributed by atoms with E-state index in [1.807, 2.05) is 0 Å². The second-order valence-electron chi connectivity index (χ2n) is 7.27. The Morgan fingerprint density at radius 3 is 2.38 bits per heavy atom. The first-order chi connectivity index (χ1) is 11.2. The van der Waals surface area contributed by atoms with E-state index in [1.54, 1.807) is 6.07 Å². The average molecular weight is 335 g/mol. The average Bonchev–Trinajstić information content (AvgIpc) is 2.56. The minimum Gasteiger partial charge on any atom is -0.504 e. The molecule has 0 spiro atoms. The number of aromatic hydroxyl groups is 2. The van der Waals surface area contributed by atoms with Crippen molar-refractivity contribution < 1.29 is 15.0 Å².